The molecular weight excluding hydrogens is 853 g/mol. The van der Waals surface area contributed by atoms with Gasteiger partial charge in [-0.05, 0) is 19.3 Å². The molecule has 0 bridgehead atoms. The lowest BCUT2D eigenvalue weighted by molar-refractivity contribution is -0.167. The molecule has 0 aliphatic rings. The minimum absolute atomic E-state index is 0.0624. The van der Waals surface area contributed by atoms with Crippen molar-refractivity contribution in [1.82, 2.24) is 0 Å². The van der Waals surface area contributed by atoms with Gasteiger partial charge in [-0.2, -0.15) is 0 Å². The SMILES string of the molecule is CCCCCCCCCCCCCCCCCCCCCCCCCC(=O)OCC(COC(=O)CCCCCCC)OC(=O)CCCCCCCCCCCCCCCCCCCCCCCCC. The predicted octanol–water partition coefficient (Wildman–Crippen LogP) is 21.1. The molecule has 0 spiro atoms. The van der Waals surface area contributed by atoms with E-state index in [1.165, 1.54) is 263 Å². The van der Waals surface area contributed by atoms with Gasteiger partial charge in [0.25, 0.3) is 0 Å². The van der Waals surface area contributed by atoms with Crippen LogP contribution in [-0.2, 0) is 28.6 Å². The van der Waals surface area contributed by atoms with Gasteiger partial charge in [0.1, 0.15) is 13.2 Å². The highest BCUT2D eigenvalue weighted by Gasteiger charge is 2.19. The highest BCUT2D eigenvalue weighted by molar-refractivity contribution is 5.71. The van der Waals surface area contributed by atoms with Crippen molar-refractivity contribution in [1.29, 1.82) is 0 Å². The molecule has 410 valence electrons. The summed E-state index contributed by atoms with van der Waals surface area (Å²) < 4.78 is 16.8. The molecule has 0 aliphatic carbocycles. The fourth-order valence-electron chi connectivity index (χ4n) is 9.86. The van der Waals surface area contributed by atoms with Gasteiger partial charge in [0.15, 0.2) is 6.10 Å². The van der Waals surface area contributed by atoms with Gasteiger partial charge in [-0.15, -0.1) is 0 Å². The largest absolute Gasteiger partial charge is 0.462 e. The monoisotopic (exact) mass is 975 g/mol. The third-order valence-corrected chi connectivity index (χ3v) is 14.6. The average Bonchev–Trinajstić information content (AvgIpc) is 3.35. The van der Waals surface area contributed by atoms with Crippen molar-refractivity contribution in [2.24, 2.45) is 0 Å². The Kier molecular flexibility index (Phi) is 57.6. The van der Waals surface area contributed by atoms with Gasteiger partial charge in [-0.3, -0.25) is 14.4 Å². The molecule has 0 saturated heterocycles. The first kappa shape index (κ1) is 67.4. The molecule has 1 unspecified atom stereocenters. The van der Waals surface area contributed by atoms with Gasteiger partial charge in [0, 0.05) is 19.3 Å². The van der Waals surface area contributed by atoms with Crippen molar-refractivity contribution in [3.05, 3.63) is 0 Å². The van der Waals surface area contributed by atoms with E-state index in [1.807, 2.05) is 0 Å². The van der Waals surface area contributed by atoms with E-state index in [9.17, 15) is 14.4 Å². The third kappa shape index (κ3) is 57.2. The van der Waals surface area contributed by atoms with Gasteiger partial charge in [0.2, 0.25) is 0 Å². The molecule has 0 N–H and O–H groups in total. The van der Waals surface area contributed by atoms with Gasteiger partial charge < -0.3 is 14.2 Å². The summed E-state index contributed by atoms with van der Waals surface area (Å²) in [6, 6.07) is 0. The highest BCUT2D eigenvalue weighted by atomic mass is 16.6. The van der Waals surface area contributed by atoms with Crippen molar-refractivity contribution in [3.8, 4) is 0 Å². The second kappa shape index (κ2) is 59.0. The van der Waals surface area contributed by atoms with Crippen LogP contribution in [0.15, 0.2) is 0 Å². The molecule has 0 heterocycles. The third-order valence-electron chi connectivity index (χ3n) is 14.6. The lowest BCUT2D eigenvalue weighted by Crippen LogP contribution is -2.30. The van der Waals surface area contributed by atoms with E-state index in [0.29, 0.717) is 19.3 Å². The smallest absolute Gasteiger partial charge is 0.306 e. The molecule has 0 radical (unpaired) electrons. The first-order valence-corrected chi connectivity index (χ1v) is 31.5. The van der Waals surface area contributed by atoms with E-state index in [-0.39, 0.29) is 31.1 Å². The summed E-state index contributed by atoms with van der Waals surface area (Å²) in [5, 5.41) is 0. The summed E-state index contributed by atoms with van der Waals surface area (Å²) in [5.41, 5.74) is 0. The Hall–Kier alpha value is -1.59. The molecular formula is C63H122O6. The molecule has 0 amide bonds. The van der Waals surface area contributed by atoms with Gasteiger partial charge >= 0.3 is 17.9 Å². The van der Waals surface area contributed by atoms with E-state index in [4.69, 9.17) is 14.2 Å². The summed E-state index contributed by atoms with van der Waals surface area (Å²) in [4.78, 5) is 37.9. The van der Waals surface area contributed by atoms with E-state index in [2.05, 4.69) is 20.8 Å². The van der Waals surface area contributed by atoms with Gasteiger partial charge in [0.05, 0.1) is 0 Å². The zero-order valence-electron chi connectivity index (χ0n) is 47.1. The highest BCUT2D eigenvalue weighted by Crippen LogP contribution is 2.19. The lowest BCUT2D eigenvalue weighted by atomic mass is 10.0. The molecule has 0 aliphatic heterocycles. The lowest BCUT2D eigenvalue weighted by Gasteiger charge is -2.18. The van der Waals surface area contributed by atoms with Crippen LogP contribution in [0.4, 0.5) is 0 Å². The van der Waals surface area contributed by atoms with Crippen LogP contribution in [0.1, 0.15) is 367 Å². The van der Waals surface area contributed by atoms with Crippen molar-refractivity contribution in [2.75, 3.05) is 13.2 Å². The van der Waals surface area contributed by atoms with Crippen LogP contribution in [0.25, 0.3) is 0 Å². The van der Waals surface area contributed by atoms with Crippen LogP contribution >= 0.6 is 0 Å². The van der Waals surface area contributed by atoms with Crippen LogP contribution in [0.3, 0.4) is 0 Å². The average molecular weight is 976 g/mol. The number of esters is 3. The molecule has 6 heteroatoms. The fourth-order valence-corrected chi connectivity index (χ4v) is 9.86. The Morgan fingerprint density at radius 3 is 0.580 bits per heavy atom. The minimum Gasteiger partial charge on any atom is -0.462 e. The molecule has 0 fully saturated rings. The minimum atomic E-state index is -0.760. The fraction of sp³-hybridized carbons (Fsp3) is 0.952. The Balaban J connectivity index is 3.97. The number of rotatable bonds is 59. The number of hydrogen-bond acceptors (Lipinski definition) is 6. The molecule has 69 heavy (non-hydrogen) atoms. The topological polar surface area (TPSA) is 78.9 Å². The molecule has 0 saturated carbocycles. The molecule has 0 aromatic heterocycles. The van der Waals surface area contributed by atoms with Crippen LogP contribution in [0, 0.1) is 0 Å². The van der Waals surface area contributed by atoms with Crippen LogP contribution in [-0.4, -0.2) is 37.2 Å². The van der Waals surface area contributed by atoms with Crippen LogP contribution in [0.2, 0.25) is 0 Å². The van der Waals surface area contributed by atoms with Crippen LogP contribution < -0.4 is 0 Å². The maximum Gasteiger partial charge on any atom is 0.306 e. The number of hydrogen-bond donors (Lipinski definition) is 0. The van der Waals surface area contributed by atoms with E-state index >= 15 is 0 Å². The van der Waals surface area contributed by atoms with Gasteiger partial charge in [-0.25, -0.2) is 0 Å². The summed E-state index contributed by atoms with van der Waals surface area (Å²) >= 11 is 0. The van der Waals surface area contributed by atoms with Crippen molar-refractivity contribution in [3.63, 3.8) is 0 Å². The van der Waals surface area contributed by atoms with Crippen molar-refractivity contribution >= 4 is 17.9 Å². The van der Waals surface area contributed by atoms with Crippen LogP contribution in [0.5, 0.6) is 0 Å². The Morgan fingerprint density at radius 2 is 0.391 bits per heavy atom. The van der Waals surface area contributed by atoms with Crippen molar-refractivity contribution in [2.45, 2.75) is 374 Å². The zero-order valence-corrected chi connectivity index (χ0v) is 47.1. The Morgan fingerprint density at radius 1 is 0.232 bits per heavy atom. The second-order valence-corrected chi connectivity index (χ2v) is 21.7. The first-order valence-electron chi connectivity index (χ1n) is 31.5. The van der Waals surface area contributed by atoms with E-state index < -0.39 is 6.10 Å². The number of carbonyl (C=O) groups excluding carboxylic acids is 3. The standard InChI is InChI=1S/C63H122O6/c1-4-7-10-13-15-17-19-21-23-25-27-29-31-33-35-37-39-41-43-45-47-50-53-56-62(65)68-59-60(58-67-61(64)55-52-49-12-9-6-3)69-63(66)57-54-51-48-46-44-42-40-38-36-34-32-30-28-26-24-22-20-18-16-14-11-8-5-2/h60H,4-59H2,1-3H3. The van der Waals surface area contributed by atoms with E-state index in [0.717, 1.165) is 64.2 Å². The predicted molar refractivity (Wildman–Crippen MR) is 298 cm³/mol. The number of carbonyl (C=O) groups is 3. The number of ether oxygens (including phenoxy) is 3. The van der Waals surface area contributed by atoms with E-state index in [1.54, 1.807) is 0 Å². The van der Waals surface area contributed by atoms with Crippen molar-refractivity contribution < 1.29 is 28.6 Å². The summed E-state index contributed by atoms with van der Waals surface area (Å²) in [6.45, 7) is 6.64. The molecule has 0 rings (SSSR count). The summed E-state index contributed by atoms with van der Waals surface area (Å²) in [7, 11) is 0. The summed E-state index contributed by atoms with van der Waals surface area (Å²) in [6.07, 6.45) is 67.4. The zero-order chi connectivity index (χ0) is 50.0. The summed E-state index contributed by atoms with van der Waals surface area (Å²) in [5.74, 6) is -0.847. The molecule has 0 aromatic rings. The maximum absolute atomic E-state index is 12.8. The molecule has 1 atom stereocenters. The quantitative estimate of drug-likeness (QED) is 0.0343. The Bertz CT molecular complexity index is 1030. The first-order chi connectivity index (χ1) is 34.0. The van der Waals surface area contributed by atoms with Gasteiger partial charge in [-0.1, -0.05) is 329 Å². The maximum atomic E-state index is 12.8. The second-order valence-electron chi connectivity index (χ2n) is 21.7. The molecule has 6 nitrogen and oxygen atoms in total. The molecule has 0 aromatic carbocycles. The normalized spacial score (nSPS) is 11.9. The Labute approximate surface area is 431 Å². The number of unbranched alkanes of at least 4 members (excludes halogenated alkanes) is 48.